The first kappa shape index (κ1) is 50.7. The van der Waals surface area contributed by atoms with E-state index in [9.17, 15) is 29.5 Å². The minimum Gasteiger partial charge on any atom is -0.497 e. The van der Waals surface area contributed by atoms with E-state index in [1.54, 1.807) is 44.6 Å². The highest BCUT2D eigenvalue weighted by Crippen LogP contribution is 2.54. The molecule has 4 aromatic carbocycles. The van der Waals surface area contributed by atoms with Crippen molar-refractivity contribution < 1.29 is 47.2 Å². The second-order valence-electron chi connectivity index (χ2n) is 16.5. The number of methoxy groups -OCH3 is 2. The molecule has 0 saturated carbocycles. The molecular weight excluding hydrogens is 956 g/mol. The molecule has 370 valence electrons. The Kier molecular flexibility index (Phi) is 16.2. The molecule has 7 atom stereocenters. The van der Waals surface area contributed by atoms with Crippen LogP contribution in [0.15, 0.2) is 142 Å². The highest BCUT2D eigenvalue weighted by molar-refractivity contribution is 8.07. The standard InChI is InChI=1S/C50H51N6O13PS/c1-32-29-56(49(61)54-46(32)58)44-27-39(57)41(67-44)31-66-70(71,65-26-10-24-51)69-40-28-45(55-25-23-43(53-48(55)60)52-47(59)33-11-6-4-7-12-33)68-42(40)30-64-50(34-13-8-5-9-14-34,35-15-19-37(62-2)20-16-35)36-17-21-38(63-3)22-18-36/h4-9,11-23,25,29,39-42,44-45,57H,10,26-28,30-31H2,1-3H3,(H,54,58,61)(H,52,53,59,60)/t39-,40-,41+,42+,44+,45+,70?/m0/s1. The van der Waals surface area contributed by atoms with Gasteiger partial charge in [0, 0.05) is 36.4 Å². The van der Waals surface area contributed by atoms with Crippen LogP contribution in [0.3, 0.4) is 0 Å². The summed E-state index contributed by atoms with van der Waals surface area (Å²) in [7, 11) is 3.16. The summed E-state index contributed by atoms with van der Waals surface area (Å²) in [6.45, 7) is -3.10. The normalized spacial score (nSPS) is 20.7. The van der Waals surface area contributed by atoms with Crippen molar-refractivity contribution >= 4 is 30.3 Å². The molecule has 1 amide bonds. The maximum atomic E-state index is 13.8. The predicted octanol–water partition coefficient (Wildman–Crippen LogP) is 5.87. The SMILES string of the molecule is COc1ccc(C(OC[C@H]2O[C@@H](n3ccc(NC(=O)c4ccccc4)nc3=O)C[C@@H]2OP(=S)(OCCC#N)OC[C@H]2O[C@@H](n3cc(C)c(=O)[nH]c3=O)C[C@@H]2O)(c2ccccc2)c2ccc(OC)cc2)cc1. The third kappa shape index (κ3) is 11.6. The van der Waals surface area contributed by atoms with E-state index in [1.807, 2.05) is 84.9 Å². The van der Waals surface area contributed by atoms with Crippen LogP contribution in [0.2, 0.25) is 0 Å². The van der Waals surface area contributed by atoms with Gasteiger partial charge in [-0.1, -0.05) is 72.8 Å². The van der Waals surface area contributed by atoms with Crippen LogP contribution >= 0.6 is 6.72 Å². The number of amides is 1. The van der Waals surface area contributed by atoms with Gasteiger partial charge in [0.05, 0.1) is 58.7 Å². The average molecular weight is 1010 g/mol. The lowest BCUT2D eigenvalue weighted by Crippen LogP contribution is -2.38. The zero-order valence-electron chi connectivity index (χ0n) is 38.8. The molecule has 0 spiro atoms. The largest absolute Gasteiger partial charge is 0.497 e. The third-order valence-corrected chi connectivity index (χ3v) is 14.4. The molecule has 2 saturated heterocycles. The molecule has 3 N–H and O–H groups in total. The molecule has 2 aliphatic heterocycles. The van der Waals surface area contributed by atoms with Crippen molar-refractivity contribution in [2.45, 2.75) is 68.7 Å². The van der Waals surface area contributed by atoms with Gasteiger partial charge in [0.25, 0.3) is 11.5 Å². The molecule has 21 heteroatoms. The Morgan fingerprint density at radius 3 is 2.07 bits per heavy atom. The number of aryl methyl sites for hydroxylation is 1. The lowest BCUT2D eigenvalue weighted by molar-refractivity contribution is -0.0941. The average Bonchev–Trinajstić information content (AvgIpc) is 3.96. The van der Waals surface area contributed by atoms with Crippen LogP contribution in [0.4, 0.5) is 5.82 Å². The number of aromatic amines is 1. The first-order valence-corrected chi connectivity index (χ1v) is 25.1. The van der Waals surface area contributed by atoms with Crippen molar-refractivity contribution in [3.8, 4) is 17.6 Å². The smallest absolute Gasteiger partial charge is 0.351 e. The highest BCUT2D eigenvalue weighted by atomic mass is 32.5. The van der Waals surface area contributed by atoms with Crippen molar-refractivity contribution in [2.24, 2.45) is 0 Å². The summed E-state index contributed by atoms with van der Waals surface area (Å²) in [5.74, 6) is 0.812. The van der Waals surface area contributed by atoms with E-state index >= 15 is 0 Å². The number of hydrogen-bond donors (Lipinski definition) is 3. The Balaban J connectivity index is 1.13. The zero-order valence-corrected chi connectivity index (χ0v) is 40.5. The molecule has 19 nitrogen and oxygen atoms in total. The van der Waals surface area contributed by atoms with E-state index in [0.717, 1.165) is 16.7 Å². The summed E-state index contributed by atoms with van der Waals surface area (Å²) in [6.07, 6.45) is -3.45. The van der Waals surface area contributed by atoms with Crippen LogP contribution in [0, 0.1) is 18.3 Å². The van der Waals surface area contributed by atoms with Crippen molar-refractivity contribution in [1.82, 2.24) is 19.1 Å². The van der Waals surface area contributed by atoms with E-state index in [1.165, 1.54) is 34.5 Å². The highest BCUT2D eigenvalue weighted by Gasteiger charge is 2.46. The van der Waals surface area contributed by atoms with Gasteiger partial charge >= 0.3 is 18.1 Å². The molecular formula is C50H51N6O13PS. The molecule has 0 radical (unpaired) electrons. The monoisotopic (exact) mass is 1010 g/mol. The summed E-state index contributed by atoms with van der Waals surface area (Å²) in [4.78, 5) is 57.9. The predicted molar refractivity (Wildman–Crippen MR) is 262 cm³/mol. The number of anilines is 1. The maximum Gasteiger partial charge on any atom is 0.351 e. The number of H-pyrrole nitrogens is 1. The number of nitrogens with zero attached hydrogens (tertiary/aromatic N) is 4. The van der Waals surface area contributed by atoms with Gasteiger partial charge in [-0.3, -0.25) is 23.7 Å². The fraction of sp³-hybridized carbons (Fsp3) is 0.320. The van der Waals surface area contributed by atoms with E-state index < -0.39 is 72.0 Å². The lowest BCUT2D eigenvalue weighted by atomic mass is 9.80. The molecule has 71 heavy (non-hydrogen) atoms. The number of nitrogens with one attached hydrogen (secondary N) is 2. The summed E-state index contributed by atoms with van der Waals surface area (Å²) < 4.78 is 52.5. The van der Waals surface area contributed by atoms with Gasteiger partial charge in [0.2, 0.25) is 0 Å². The first-order valence-electron chi connectivity index (χ1n) is 22.5. The van der Waals surface area contributed by atoms with Crippen LogP contribution in [0.1, 0.15) is 64.3 Å². The molecule has 2 aromatic heterocycles. The van der Waals surface area contributed by atoms with E-state index in [2.05, 4.69) is 15.3 Å². The summed E-state index contributed by atoms with van der Waals surface area (Å²) in [6, 6.07) is 36.5. The number of carbonyl (C=O) groups excluding carboxylic acids is 1. The van der Waals surface area contributed by atoms with Gasteiger partial charge < -0.3 is 47.7 Å². The Hall–Kier alpha value is -6.63. The number of nitriles is 1. The molecule has 8 rings (SSSR count). The van der Waals surface area contributed by atoms with E-state index in [-0.39, 0.29) is 50.5 Å². The summed E-state index contributed by atoms with van der Waals surface area (Å²) in [5.41, 5.74) is -0.434. The Morgan fingerprint density at radius 2 is 1.45 bits per heavy atom. The van der Waals surface area contributed by atoms with Crippen molar-refractivity contribution in [3.63, 3.8) is 0 Å². The van der Waals surface area contributed by atoms with Crippen molar-refractivity contribution in [2.75, 3.05) is 39.4 Å². The van der Waals surface area contributed by atoms with Crippen molar-refractivity contribution in [3.05, 3.63) is 187 Å². The first-order chi connectivity index (χ1) is 34.3. The second kappa shape index (κ2) is 22.6. The van der Waals surface area contributed by atoms with Crippen LogP contribution in [0.5, 0.6) is 11.5 Å². The van der Waals surface area contributed by atoms with Gasteiger partial charge in [-0.05, 0) is 77.9 Å². The molecule has 2 fully saturated rings. The maximum absolute atomic E-state index is 13.8. The summed E-state index contributed by atoms with van der Waals surface area (Å²) in [5, 5.41) is 23.3. The number of aliphatic hydroxyl groups is 1. The fourth-order valence-corrected chi connectivity index (χ4v) is 10.5. The number of carbonyl (C=O) groups is 1. The van der Waals surface area contributed by atoms with E-state index in [0.29, 0.717) is 17.1 Å². The number of benzene rings is 4. The van der Waals surface area contributed by atoms with Crippen LogP contribution in [0.25, 0.3) is 0 Å². The number of rotatable bonds is 20. The third-order valence-electron chi connectivity index (χ3n) is 12.0. The zero-order chi connectivity index (χ0) is 50.1. The lowest BCUT2D eigenvalue weighted by Gasteiger charge is -2.37. The number of hydrogen-bond acceptors (Lipinski definition) is 16. The molecule has 2 aliphatic rings. The van der Waals surface area contributed by atoms with Gasteiger partial charge in [-0.2, -0.15) is 10.2 Å². The summed E-state index contributed by atoms with van der Waals surface area (Å²) >= 11 is 6.03. The quantitative estimate of drug-likeness (QED) is 0.0460. The topological polar surface area (TPSA) is 237 Å². The minimum atomic E-state index is -3.91. The number of aromatic nitrogens is 4. The van der Waals surface area contributed by atoms with Crippen molar-refractivity contribution in [1.29, 1.82) is 5.26 Å². The molecule has 6 aromatic rings. The molecule has 0 aliphatic carbocycles. The van der Waals surface area contributed by atoms with Gasteiger partial charge in [-0.15, -0.1) is 0 Å². The van der Waals surface area contributed by atoms with Crippen LogP contribution in [-0.4, -0.2) is 88.6 Å². The Morgan fingerprint density at radius 1 is 0.845 bits per heavy atom. The number of ether oxygens (including phenoxy) is 5. The van der Waals surface area contributed by atoms with Gasteiger partial charge in [0.1, 0.15) is 47.6 Å². The van der Waals surface area contributed by atoms with E-state index in [4.69, 9.17) is 49.1 Å². The van der Waals surface area contributed by atoms with Gasteiger partial charge in [0.15, 0.2) is 0 Å². The molecule has 1 unspecified atom stereocenters. The molecule has 0 bridgehead atoms. The number of aliphatic hydroxyl groups excluding tert-OH is 1. The fourth-order valence-electron chi connectivity index (χ4n) is 8.36. The second-order valence-corrected chi connectivity index (χ2v) is 19.5. The van der Waals surface area contributed by atoms with Crippen LogP contribution in [-0.2, 0) is 45.2 Å². The molecule has 4 heterocycles. The van der Waals surface area contributed by atoms with Gasteiger partial charge in [-0.25, -0.2) is 9.59 Å². The Labute approximate surface area is 412 Å². The minimum absolute atomic E-state index is 0.0148. The van der Waals surface area contributed by atoms with Crippen LogP contribution < -0.4 is 31.7 Å². The Bertz CT molecular complexity index is 3010.